The van der Waals surface area contributed by atoms with Crippen molar-refractivity contribution in [3.05, 3.63) is 35.4 Å². The van der Waals surface area contributed by atoms with Crippen LogP contribution in [0.15, 0.2) is 24.3 Å². The predicted octanol–water partition coefficient (Wildman–Crippen LogP) is 2.32. The van der Waals surface area contributed by atoms with Crippen LogP contribution < -0.4 is 11.1 Å². The number of primary amides is 1. The molecule has 1 aromatic rings. The van der Waals surface area contributed by atoms with Gasteiger partial charge in [-0.2, -0.15) is 0 Å². The monoisotopic (exact) mass is 388 g/mol. The van der Waals surface area contributed by atoms with Crippen molar-refractivity contribution < 1.29 is 14.4 Å². The first-order chi connectivity index (χ1) is 13.3. The molecule has 28 heavy (non-hydrogen) atoms. The summed E-state index contributed by atoms with van der Waals surface area (Å²) in [4.78, 5) is 40.2. The number of hydrogen-bond donors (Lipinski definition) is 2. The molecule has 1 atom stereocenters. The number of urea groups is 1. The largest absolute Gasteiger partial charge is 0.352 e. The van der Waals surface area contributed by atoms with Crippen molar-refractivity contribution in [2.75, 3.05) is 26.2 Å². The lowest BCUT2D eigenvalue weighted by Gasteiger charge is -2.36. The van der Waals surface area contributed by atoms with Crippen LogP contribution in [0.2, 0.25) is 0 Å². The Bertz CT molecular complexity index is 679. The number of nitrogens with one attached hydrogen (secondary N) is 1. The quantitative estimate of drug-likeness (QED) is 0.750. The number of rotatable bonds is 7. The summed E-state index contributed by atoms with van der Waals surface area (Å²) in [7, 11) is 0. The third-order valence-corrected chi connectivity index (χ3v) is 5.16. The lowest BCUT2D eigenvalue weighted by Crippen LogP contribution is -2.56. The molecule has 1 fully saturated rings. The van der Waals surface area contributed by atoms with Gasteiger partial charge in [-0.05, 0) is 30.0 Å². The highest BCUT2D eigenvalue weighted by Crippen LogP contribution is 2.17. The van der Waals surface area contributed by atoms with Crippen molar-refractivity contribution in [1.29, 1.82) is 0 Å². The second-order valence-corrected chi connectivity index (χ2v) is 7.60. The zero-order valence-corrected chi connectivity index (χ0v) is 17.1. The number of carbonyl (C=O) groups is 3. The summed E-state index contributed by atoms with van der Waals surface area (Å²) in [5.74, 6) is 0.286. The number of amides is 4. The molecule has 1 saturated heterocycles. The molecule has 0 radical (unpaired) electrons. The van der Waals surface area contributed by atoms with E-state index >= 15 is 0 Å². The van der Waals surface area contributed by atoms with Crippen LogP contribution in [0.5, 0.6) is 0 Å². The third kappa shape index (κ3) is 5.71. The van der Waals surface area contributed by atoms with Gasteiger partial charge in [-0.25, -0.2) is 4.79 Å². The Morgan fingerprint density at radius 1 is 1.04 bits per heavy atom. The fraction of sp³-hybridized carbons (Fsp3) is 0.571. The molecule has 2 rings (SSSR count). The minimum atomic E-state index is -0.687. The molecular formula is C21H32N4O3. The van der Waals surface area contributed by atoms with E-state index in [4.69, 9.17) is 5.73 Å². The maximum Gasteiger partial charge on any atom is 0.312 e. The Labute approximate surface area is 167 Å². The van der Waals surface area contributed by atoms with E-state index < -0.39 is 12.1 Å². The molecule has 1 aliphatic rings. The first-order valence-corrected chi connectivity index (χ1v) is 10.1. The average molecular weight is 389 g/mol. The fourth-order valence-corrected chi connectivity index (χ4v) is 3.38. The van der Waals surface area contributed by atoms with Crippen LogP contribution in [-0.2, 0) is 4.79 Å². The van der Waals surface area contributed by atoms with E-state index in [9.17, 15) is 14.4 Å². The van der Waals surface area contributed by atoms with Gasteiger partial charge in [0.15, 0.2) is 0 Å². The molecule has 0 aliphatic carbocycles. The molecule has 7 nitrogen and oxygen atoms in total. The normalized spacial score (nSPS) is 15.4. The van der Waals surface area contributed by atoms with Crippen molar-refractivity contribution in [2.45, 2.75) is 52.0 Å². The molecule has 1 unspecified atom stereocenters. The summed E-state index contributed by atoms with van der Waals surface area (Å²) >= 11 is 0. The van der Waals surface area contributed by atoms with Gasteiger partial charge in [-0.3, -0.25) is 9.59 Å². The van der Waals surface area contributed by atoms with Gasteiger partial charge in [0, 0.05) is 31.7 Å². The molecule has 1 aromatic carbocycles. The van der Waals surface area contributed by atoms with Crippen LogP contribution in [0.25, 0.3) is 0 Å². The average Bonchev–Trinajstić information content (AvgIpc) is 2.70. The van der Waals surface area contributed by atoms with Crippen molar-refractivity contribution >= 4 is 17.8 Å². The van der Waals surface area contributed by atoms with Gasteiger partial charge >= 0.3 is 6.03 Å². The Morgan fingerprint density at radius 3 is 2.11 bits per heavy atom. The lowest BCUT2D eigenvalue weighted by molar-refractivity contribution is -0.134. The van der Waals surface area contributed by atoms with Crippen molar-refractivity contribution in [2.24, 2.45) is 5.73 Å². The number of unbranched alkanes of at least 4 members (excludes halogenated alkanes) is 1. The molecule has 4 amide bonds. The number of hydrogen-bond acceptors (Lipinski definition) is 3. The minimum Gasteiger partial charge on any atom is -0.352 e. The standard InChI is InChI=1S/C21H32N4O3/c1-4-5-6-18(23-21(22)28)20(27)25-13-11-24(12-14-25)19(26)17-9-7-16(8-10-17)15(2)3/h7-10,15,18H,4-6,11-14H2,1-3H3,(H3,22,23,28). The molecular weight excluding hydrogens is 356 g/mol. The second-order valence-electron chi connectivity index (χ2n) is 7.60. The molecule has 0 saturated carbocycles. The van der Waals surface area contributed by atoms with Crippen LogP contribution in [0.3, 0.4) is 0 Å². The Kier molecular flexibility index (Phi) is 7.84. The highest BCUT2D eigenvalue weighted by Gasteiger charge is 2.29. The third-order valence-electron chi connectivity index (χ3n) is 5.16. The SMILES string of the molecule is CCCCC(NC(N)=O)C(=O)N1CCN(C(=O)c2ccc(C(C)C)cc2)CC1. The van der Waals surface area contributed by atoms with E-state index in [0.29, 0.717) is 44.1 Å². The first-order valence-electron chi connectivity index (χ1n) is 10.1. The van der Waals surface area contributed by atoms with Crippen molar-refractivity contribution in [3.63, 3.8) is 0 Å². The molecule has 0 bridgehead atoms. The maximum atomic E-state index is 12.7. The van der Waals surface area contributed by atoms with Crippen LogP contribution in [0.4, 0.5) is 4.79 Å². The number of carbonyl (C=O) groups excluding carboxylic acids is 3. The summed E-state index contributed by atoms with van der Waals surface area (Å²) in [6.07, 6.45) is 2.34. The van der Waals surface area contributed by atoms with E-state index in [-0.39, 0.29) is 11.8 Å². The van der Waals surface area contributed by atoms with E-state index in [1.807, 2.05) is 31.2 Å². The van der Waals surface area contributed by atoms with Crippen molar-refractivity contribution in [3.8, 4) is 0 Å². The molecule has 7 heteroatoms. The molecule has 1 aliphatic heterocycles. The summed E-state index contributed by atoms with van der Waals surface area (Å²) in [6, 6.07) is 6.44. The van der Waals surface area contributed by atoms with Crippen LogP contribution in [-0.4, -0.2) is 59.9 Å². The highest BCUT2D eigenvalue weighted by molar-refractivity contribution is 5.94. The van der Waals surface area contributed by atoms with E-state index in [2.05, 4.69) is 19.2 Å². The Balaban J connectivity index is 1.94. The van der Waals surface area contributed by atoms with Crippen LogP contribution >= 0.6 is 0 Å². The lowest BCUT2D eigenvalue weighted by atomic mass is 10.0. The van der Waals surface area contributed by atoms with E-state index in [1.165, 1.54) is 5.56 Å². The second kappa shape index (κ2) is 10.1. The van der Waals surface area contributed by atoms with Gasteiger partial charge in [-0.1, -0.05) is 45.7 Å². The van der Waals surface area contributed by atoms with Gasteiger partial charge < -0.3 is 20.9 Å². The van der Waals surface area contributed by atoms with Gasteiger partial charge in [0.05, 0.1) is 0 Å². The Morgan fingerprint density at radius 2 is 1.61 bits per heavy atom. The molecule has 3 N–H and O–H groups in total. The molecule has 0 aromatic heterocycles. The predicted molar refractivity (Wildman–Crippen MR) is 109 cm³/mol. The number of nitrogens with two attached hydrogens (primary N) is 1. The summed E-state index contributed by atoms with van der Waals surface area (Å²) in [5, 5.41) is 2.55. The smallest absolute Gasteiger partial charge is 0.312 e. The number of benzene rings is 1. The van der Waals surface area contributed by atoms with E-state index in [0.717, 1.165) is 12.8 Å². The zero-order valence-electron chi connectivity index (χ0n) is 17.1. The van der Waals surface area contributed by atoms with Gasteiger partial charge in [0.2, 0.25) is 5.91 Å². The van der Waals surface area contributed by atoms with Crippen molar-refractivity contribution in [1.82, 2.24) is 15.1 Å². The van der Waals surface area contributed by atoms with E-state index in [1.54, 1.807) is 9.80 Å². The summed E-state index contributed by atoms with van der Waals surface area (Å²) < 4.78 is 0. The summed E-state index contributed by atoms with van der Waals surface area (Å²) in [6.45, 7) is 8.14. The maximum absolute atomic E-state index is 12.7. The number of piperazine rings is 1. The van der Waals surface area contributed by atoms with Crippen LogP contribution in [0, 0.1) is 0 Å². The topological polar surface area (TPSA) is 95.7 Å². The molecule has 154 valence electrons. The fourth-order valence-electron chi connectivity index (χ4n) is 3.38. The molecule has 0 spiro atoms. The van der Waals surface area contributed by atoms with Gasteiger partial charge in [0.1, 0.15) is 6.04 Å². The molecule has 1 heterocycles. The minimum absolute atomic E-state index is 0.0137. The summed E-state index contributed by atoms with van der Waals surface area (Å²) in [5.41, 5.74) is 7.08. The number of nitrogens with zero attached hydrogens (tertiary/aromatic N) is 2. The first kappa shape index (κ1) is 21.7. The van der Waals surface area contributed by atoms with Crippen LogP contribution in [0.1, 0.15) is 61.9 Å². The highest BCUT2D eigenvalue weighted by atomic mass is 16.2. The zero-order chi connectivity index (χ0) is 20.7. The van der Waals surface area contributed by atoms with Gasteiger partial charge in [0.25, 0.3) is 5.91 Å². The van der Waals surface area contributed by atoms with Gasteiger partial charge in [-0.15, -0.1) is 0 Å². The Hall–Kier alpha value is -2.57.